The lowest BCUT2D eigenvalue weighted by molar-refractivity contribution is 0.102. The molecule has 0 unspecified atom stereocenters. The topological polar surface area (TPSA) is 55.1 Å². The van der Waals surface area contributed by atoms with Gasteiger partial charge < -0.3 is 9.73 Å². The van der Waals surface area contributed by atoms with Crippen LogP contribution in [0.4, 0.5) is 5.69 Å². The van der Waals surface area contributed by atoms with E-state index in [1.54, 1.807) is 6.07 Å². The lowest BCUT2D eigenvalue weighted by Gasteiger charge is -2.09. The molecular formula is C25H17ClN2O2. The molecule has 30 heavy (non-hydrogen) atoms. The quantitative estimate of drug-likeness (QED) is 0.352. The first kappa shape index (κ1) is 18.4. The highest BCUT2D eigenvalue weighted by molar-refractivity contribution is 6.36. The third kappa shape index (κ3) is 3.31. The van der Waals surface area contributed by atoms with E-state index in [2.05, 4.69) is 10.3 Å². The molecule has 0 fully saturated rings. The van der Waals surface area contributed by atoms with Crippen molar-refractivity contribution >= 4 is 45.1 Å². The number of oxazole rings is 1. The number of nitrogens with one attached hydrogen (secondary N) is 1. The van der Waals surface area contributed by atoms with Gasteiger partial charge in [0, 0.05) is 27.2 Å². The zero-order chi connectivity index (χ0) is 20.7. The molecule has 5 heteroatoms. The molecule has 1 amide bonds. The van der Waals surface area contributed by atoms with Crippen LogP contribution in [0.2, 0.25) is 5.02 Å². The van der Waals surface area contributed by atoms with Gasteiger partial charge in [0.2, 0.25) is 5.89 Å². The Bertz CT molecular complexity index is 1400. The van der Waals surface area contributed by atoms with Crippen molar-refractivity contribution in [3.8, 4) is 11.5 Å². The zero-order valence-corrected chi connectivity index (χ0v) is 16.9. The lowest BCUT2D eigenvalue weighted by atomic mass is 10.0. The molecule has 1 N–H and O–H groups in total. The maximum absolute atomic E-state index is 12.9. The minimum absolute atomic E-state index is 0.187. The summed E-state index contributed by atoms with van der Waals surface area (Å²) in [5, 5.41) is 5.25. The maximum Gasteiger partial charge on any atom is 0.256 e. The largest absolute Gasteiger partial charge is 0.436 e. The van der Waals surface area contributed by atoms with Gasteiger partial charge in [0.1, 0.15) is 5.52 Å². The van der Waals surface area contributed by atoms with Crippen LogP contribution in [-0.4, -0.2) is 10.9 Å². The number of halogens is 1. The Labute approximate surface area is 178 Å². The average molecular weight is 413 g/mol. The van der Waals surface area contributed by atoms with Crippen LogP contribution in [0.3, 0.4) is 0 Å². The van der Waals surface area contributed by atoms with Crippen LogP contribution in [0.1, 0.15) is 15.9 Å². The van der Waals surface area contributed by atoms with E-state index in [9.17, 15) is 4.79 Å². The second-order valence-electron chi connectivity index (χ2n) is 7.16. The van der Waals surface area contributed by atoms with E-state index in [0.717, 1.165) is 33.0 Å². The van der Waals surface area contributed by atoms with Gasteiger partial charge in [-0.3, -0.25) is 4.79 Å². The van der Waals surface area contributed by atoms with Crippen LogP contribution in [-0.2, 0) is 0 Å². The molecule has 4 nitrogen and oxygen atoms in total. The van der Waals surface area contributed by atoms with Crippen molar-refractivity contribution in [1.29, 1.82) is 0 Å². The molecule has 0 aliphatic heterocycles. The minimum atomic E-state index is -0.187. The second-order valence-corrected chi connectivity index (χ2v) is 7.57. The third-order valence-corrected chi connectivity index (χ3v) is 5.38. The Morgan fingerprint density at radius 1 is 0.933 bits per heavy atom. The summed E-state index contributed by atoms with van der Waals surface area (Å²) in [5.41, 5.74) is 4.83. The molecule has 0 aliphatic carbocycles. The molecule has 0 aliphatic rings. The van der Waals surface area contributed by atoms with Gasteiger partial charge in [-0.2, -0.15) is 0 Å². The first-order chi connectivity index (χ1) is 14.6. The van der Waals surface area contributed by atoms with Gasteiger partial charge in [-0.05, 0) is 66.4 Å². The molecule has 146 valence electrons. The molecule has 5 aromatic rings. The summed E-state index contributed by atoms with van der Waals surface area (Å²) in [7, 11) is 0. The van der Waals surface area contributed by atoms with E-state index >= 15 is 0 Å². The summed E-state index contributed by atoms with van der Waals surface area (Å²) in [6, 6.07) is 24.5. The van der Waals surface area contributed by atoms with Gasteiger partial charge >= 0.3 is 0 Å². The number of nitrogens with zero attached hydrogens (tertiary/aromatic N) is 1. The molecule has 0 bridgehead atoms. The van der Waals surface area contributed by atoms with Crippen LogP contribution in [0, 0.1) is 6.92 Å². The van der Waals surface area contributed by atoms with Crippen LogP contribution >= 0.6 is 11.6 Å². The number of carbonyl (C=O) groups is 1. The number of benzene rings is 4. The molecule has 0 saturated carbocycles. The van der Waals surface area contributed by atoms with Crippen molar-refractivity contribution in [3.63, 3.8) is 0 Å². The summed E-state index contributed by atoms with van der Waals surface area (Å²) < 4.78 is 5.85. The highest BCUT2D eigenvalue weighted by Gasteiger charge is 2.12. The summed E-state index contributed by atoms with van der Waals surface area (Å²) in [6.07, 6.45) is 0. The number of fused-ring (bicyclic) bond motifs is 2. The summed E-state index contributed by atoms with van der Waals surface area (Å²) in [5.74, 6) is 0.366. The Morgan fingerprint density at radius 2 is 1.70 bits per heavy atom. The van der Waals surface area contributed by atoms with E-state index in [4.69, 9.17) is 16.0 Å². The van der Waals surface area contributed by atoms with Crippen molar-refractivity contribution < 1.29 is 9.21 Å². The molecule has 1 heterocycles. The van der Waals surface area contributed by atoms with Crippen LogP contribution in [0.5, 0.6) is 0 Å². The number of anilines is 1. The fourth-order valence-electron chi connectivity index (χ4n) is 3.53. The van der Waals surface area contributed by atoms with Crippen LogP contribution in [0.25, 0.3) is 33.3 Å². The van der Waals surface area contributed by atoms with Crippen molar-refractivity contribution in [2.75, 3.05) is 5.32 Å². The Morgan fingerprint density at radius 3 is 2.53 bits per heavy atom. The molecule has 1 aromatic heterocycles. The van der Waals surface area contributed by atoms with Gasteiger partial charge in [0.05, 0.1) is 0 Å². The number of carbonyl (C=O) groups excluding carboxylic acids is 1. The van der Waals surface area contributed by atoms with Crippen LogP contribution in [0.15, 0.2) is 83.3 Å². The van der Waals surface area contributed by atoms with E-state index < -0.39 is 0 Å². The van der Waals surface area contributed by atoms with Crippen molar-refractivity contribution in [1.82, 2.24) is 4.98 Å². The number of rotatable bonds is 3. The van der Waals surface area contributed by atoms with Gasteiger partial charge in [0.15, 0.2) is 5.58 Å². The average Bonchev–Trinajstić information content (AvgIpc) is 3.17. The first-order valence-electron chi connectivity index (χ1n) is 9.55. The third-order valence-electron chi connectivity index (χ3n) is 5.05. The monoisotopic (exact) mass is 412 g/mol. The number of aromatic nitrogens is 1. The Balaban J connectivity index is 1.41. The molecule has 0 spiro atoms. The van der Waals surface area contributed by atoms with Gasteiger partial charge in [0.25, 0.3) is 5.91 Å². The number of amides is 1. The van der Waals surface area contributed by atoms with E-state index in [-0.39, 0.29) is 5.91 Å². The summed E-state index contributed by atoms with van der Waals surface area (Å²) in [6.45, 7) is 2.02. The van der Waals surface area contributed by atoms with E-state index in [0.29, 0.717) is 22.2 Å². The SMILES string of the molecule is Cc1ccc2oc(-c3ccc(NC(=O)c4cccc5c(Cl)cccc45)cc3)nc2c1. The molecule has 5 rings (SSSR count). The molecule has 0 atom stereocenters. The van der Waals surface area contributed by atoms with Gasteiger partial charge in [-0.1, -0.05) is 41.9 Å². The van der Waals surface area contributed by atoms with Gasteiger partial charge in [-0.25, -0.2) is 4.98 Å². The fourth-order valence-corrected chi connectivity index (χ4v) is 3.76. The summed E-state index contributed by atoms with van der Waals surface area (Å²) in [4.78, 5) is 17.4. The van der Waals surface area contributed by atoms with Crippen molar-refractivity contribution in [2.45, 2.75) is 6.92 Å². The Kier molecular flexibility index (Phi) is 4.49. The molecular weight excluding hydrogens is 396 g/mol. The lowest BCUT2D eigenvalue weighted by Crippen LogP contribution is -2.12. The highest BCUT2D eigenvalue weighted by atomic mass is 35.5. The predicted molar refractivity (Wildman–Crippen MR) is 121 cm³/mol. The van der Waals surface area contributed by atoms with E-state index in [1.165, 1.54) is 0 Å². The van der Waals surface area contributed by atoms with E-state index in [1.807, 2.05) is 79.7 Å². The maximum atomic E-state index is 12.9. The summed E-state index contributed by atoms with van der Waals surface area (Å²) >= 11 is 6.26. The molecule has 0 radical (unpaired) electrons. The van der Waals surface area contributed by atoms with Crippen molar-refractivity contribution in [2.24, 2.45) is 0 Å². The van der Waals surface area contributed by atoms with Crippen LogP contribution < -0.4 is 5.32 Å². The number of aryl methyl sites for hydroxylation is 1. The second kappa shape index (κ2) is 7.32. The molecule has 0 saturated heterocycles. The van der Waals surface area contributed by atoms with Gasteiger partial charge in [-0.15, -0.1) is 0 Å². The predicted octanol–water partition coefficient (Wildman–Crippen LogP) is 6.86. The first-order valence-corrected chi connectivity index (χ1v) is 9.92. The smallest absolute Gasteiger partial charge is 0.256 e. The van der Waals surface area contributed by atoms with Crippen molar-refractivity contribution in [3.05, 3.63) is 95.0 Å². The normalized spacial score (nSPS) is 11.1. The zero-order valence-electron chi connectivity index (χ0n) is 16.1. The standard InChI is InChI=1S/C25H17ClN2O2/c1-15-8-13-23-22(14-15)28-25(30-23)16-9-11-17(12-10-16)27-24(29)20-6-2-5-19-18(20)4-3-7-21(19)26/h2-14H,1H3,(H,27,29). The Hall–Kier alpha value is -3.63. The highest BCUT2D eigenvalue weighted by Crippen LogP contribution is 2.28. The fraction of sp³-hybridized carbons (Fsp3) is 0.0400. The molecule has 4 aromatic carbocycles. The minimum Gasteiger partial charge on any atom is -0.436 e. The number of hydrogen-bond donors (Lipinski definition) is 1. The number of hydrogen-bond acceptors (Lipinski definition) is 3.